The largest absolute Gasteiger partial charge is 0.256 e. The number of aromatic nitrogens is 2. The maximum atomic E-state index is 2.60. The summed E-state index contributed by atoms with van der Waals surface area (Å²) in [5.74, 6) is 1.58. The molecular formula is C38H67N2+. The summed E-state index contributed by atoms with van der Waals surface area (Å²) in [5.41, 5.74) is 1.47. The number of hydrogen-bond acceptors (Lipinski definition) is 0. The van der Waals surface area contributed by atoms with E-state index < -0.39 is 0 Å². The van der Waals surface area contributed by atoms with Crippen LogP contribution in [0.2, 0.25) is 0 Å². The van der Waals surface area contributed by atoms with Gasteiger partial charge in [-0.25, -0.2) is 9.13 Å². The average Bonchev–Trinajstić information content (AvgIpc) is 3.36. The molecule has 0 atom stereocenters. The SMILES string of the molecule is CCCCCCCCCCCCCCCCn1cc[n+](CCCc2ccccc2)c1CCCCCCCCCC. The van der Waals surface area contributed by atoms with Gasteiger partial charge in [0.2, 0.25) is 0 Å². The molecule has 0 aliphatic heterocycles. The number of unbranched alkanes of at least 4 members (excludes halogenated alkanes) is 20. The first-order chi connectivity index (χ1) is 19.8. The Balaban J connectivity index is 1.64. The van der Waals surface area contributed by atoms with E-state index in [1.54, 1.807) is 5.82 Å². The number of nitrogens with zero attached hydrogens (tertiary/aromatic N) is 2. The molecular weight excluding hydrogens is 484 g/mol. The van der Waals surface area contributed by atoms with E-state index in [-0.39, 0.29) is 0 Å². The van der Waals surface area contributed by atoms with Crippen LogP contribution in [0.4, 0.5) is 0 Å². The Labute approximate surface area is 250 Å². The van der Waals surface area contributed by atoms with Crippen molar-refractivity contribution in [2.45, 2.75) is 187 Å². The standard InChI is InChI=1S/C38H67N2/c1-3-5-7-9-11-13-14-15-16-17-18-20-22-27-33-39-35-36-40(34-28-31-37-29-24-23-25-30-37)38(39)32-26-21-19-12-10-8-6-4-2/h23-25,29-30,35-36H,3-22,26-28,31-34H2,1-2H3/q+1. The van der Waals surface area contributed by atoms with Gasteiger partial charge in [0.25, 0.3) is 5.82 Å². The molecule has 0 aliphatic rings. The van der Waals surface area contributed by atoms with Gasteiger partial charge in [0, 0.05) is 6.42 Å². The highest BCUT2D eigenvalue weighted by Gasteiger charge is 2.16. The summed E-state index contributed by atoms with van der Waals surface area (Å²) in [5, 5.41) is 0. The van der Waals surface area contributed by atoms with Crippen LogP contribution in [0.3, 0.4) is 0 Å². The highest BCUT2D eigenvalue weighted by molar-refractivity contribution is 5.14. The van der Waals surface area contributed by atoms with Crippen molar-refractivity contribution in [3.05, 3.63) is 54.1 Å². The van der Waals surface area contributed by atoms with Crippen LogP contribution in [0.5, 0.6) is 0 Å². The second kappa shape index (κ2) is 25.2. The van der Waals surface area contributed by atoms with Crippen LogP contribution in [0.15, 0.2) is 42.7 Å². The van der Waals surface area contributed by atoms with Gasteiger partial charge in [-0.3, -0.25) is 0 Å². The topological polar surface area (TPSA) is 8.81 Å². The van der Waals surface area contributed by atoms with Crippen molar-refractivity contribution in [3.8, 4) is 0 Å². The van der Waals surface area contributed by atoms with Gasteiger partial charge in [-0.1, -0.05) is 166 Å². The van der Waals surface area contributed by atoms with Gasteiger partial charge >= 0.3 is 0 Å². The van der Waals surface area contributed by atoms with Crippen LogP contribution < -0.4 is 4.57 Å². The predicted molar refractivity (Wildman–Crippen MR) is 176 cm³/mol. The normalized spacial score (nSPS) is 11.4. The lowest BCUT2D eigenvalue weighted by atomic mass is 10.0. The second-order valence-electron chi connectivity index (χ2n) is 12.5. The van der Waals surface area contributed by atoms with Crippen molar-refractivity contribution in [1.82, 2.24) is 4.57 Å². The molecule has 2 aromatic rings. The molecule has 1 aromatic carbocycles. The van der Waals surface area contributed by atoms with Crippen LogP contribution >= 0.6 is 0 Å². The first-order valence-electron chi connectivity index (χ1n) is 18.0. The van der Waals surface area contributed by atoms with Crippen LogP contribution in [0.1, 0.15) is 173 Å². The molecule has 0 N–H and O–H groups in total. The van der Waals surface area contributed by atoms with Crippen molar-refractivity contribution in [2.24, 2.45) is 0 Å². The van der Waals surface area contributed by atoms with Gasteiger partial charge in [0.05, 0.1) is 13.1 Å². The lowest BCUT2D eigenvalue weighted by Gasteiger charge is -2.07. The summed E-state index contributed by atoms with van der Waals surface area (Å²) < 4.78 is 5.18. The predicted octanol–water partition coefficient (Wildman–Crippen LogP) is 11.6. The fourth-order valence-corrected chi connectivity index (χ4v) is 6.18. The molecule has 1 aromatic heterocycles. The Bertz CT molecular complexity index is 793. The van der Waals surface area contributed by atoms with Crippen molar-refractivity contribution < 1.29 is 4.57 Å². The molecule has 0 radical (unpaired) electrons. The van der Waals surface area contributed by atoms with E-state index in [9.17, 15) is 0 Å². The summed E-state index contributed by atoms with van der Waals surface area (Å²) in [7, 11) is 0. The zero-order valence-corrected chi connectivity index (χ0v) is 27.0. The summed E-state index contributed by atoms with van der Waals surface area (Å²) in [4.78, 5) is 0. The molecule has 228 valence electrons. The molecule has 0 spiro atoms. The minimum Gasteiger partial charge on any atom is -0.234 e. The van der Waals surface area contributed by atoms with Crippen LogP contribution in [-0.4, -0.2) is 4.57 Å². The van der Waals surface area contributed by atoms with Crippen LogP contribution in [-0.2, 0) is 25.9 Å². The number of aryl methyl sites for hydroxylation is 3. The summed E-state index contributed by atoms with van der Waals surface area (Å²) in [6, 6.07) is 11.0. The fraction of sp³-hybridized carbons (Fsp3) is 0.763. The summed E-state index contributed by atoms with van der Waals surface area (Å²) >= 11 is 0. The lowest BCUT2D eigenvalue weighted by molar-refractivity contribution is -0.704. The molecule has 0 fully saturated rings. The van der Waals surface area contributed by atoms with E-state index in [0.717, 1.165) is 6.54 Å². The number of imidazole rings is 1. The molecule has 0 unspecified atom stereocenters. The van der Waals surface area contributed by atoms with Gasteiger partial charge in [-0.05, 0) is 37.7 Å². The number of rotatable bonds is 28. The van der Waals surface area contributed by atoms with E-state index in [2.05, 4.69) is 65.7 Å². The van der Waals surface area contributed by atoms with Gasteiger partial charge in [0.15, 0.2) is 0 Å². The van der Waals surface area contributed by atoms with E-state index in [1.807, 2.05) is 0 Å². The minimum absolute atomic E-state index is 1.15. The smallest absolute Gasteiger partial charge is 0.234 e. The molecule has 0 saturated heterocycles. The fourth-order valence-electron chi connectivity index (χ4n) is 6.18. The van der Waals surface area contributed by atoms with Gasteiger partial charge in [-0.2, -0.15) is 0 Å². The highest BCUT2D eigenvalue weighted by Crippen LogP contribution is 2.15. The zero-order valence-electron chi connectivity index (χ0n) is 27.0. The third-order valence-corrected chi connectivity index (χ3v) is 8.80. The minimum atomic E-state index is 1.15. The van der Waals surface area contributed by atoms with Crippen molar-refractivity contribution in [1.29, 1.82) is 0 Å². The molecule has 2 rings (SSSR count). The van der Waals surface area contributed by atoms with E-state index >= 15 is 0 Å². The molecule has 0 aliphatic carbocycles. The van der Waals surface area contributed by atoms with E-state index in [4.69, 9.17) is 0 Å². The second-order valence-corrected chi connectivity index (χ2v) is 12.5. The molecule has 2 nitrogen and oxygen atoms in total. The first-order valence-corrected chi connectivity index (χ1v) is 18.0. The third-order valence-electron chi connectivity index (χ3n) is 8.80. The van der Waals surface area contributed by atoms with Crippen molar-refractivity contribution in [2.75, 3.05) is 0 Å². The average molecular weight is 552 g/mol. The molecule has 0 amide bonds. The highest BCUT2D eigenvalue weighted by atomic mass is 15.1. The molecule has 0 saturated carbocycles. The van der Waals surface area contributed by atoms with Crippen molar-refractivity contribution >= 4 is 0 Å². The summed E-state index contributed by atoms with van der Waals surface area (Å²) in [6.45, 7) is 6.96. The zero-order chi connectivity index (χ0) is 28.4. The molecule has 0 bridgehead atoms. The third kappa shape index (κ3) is 17.3. The van der Waals surface area contributed by atoms with Crippen LogP contribution in [0, 0.1) is 0 Å². The Morgan fingerprint density at radius 1 is 0.500 bits per heavy atom. The monoisotopic (exact) mass is 552 g/mol. The van der Waals surface area contributed by atoms with Crippen molar-refractivity contribution in [3.63, 3.8) is 0 Å². The molecule has 2 heteroatoms. The van der Waals surface area contributed by atoms with Gasteiger partial charge in [-0.15, -0.1) is 0 Å². The Morgan fingerprint density at radius 3 is 1.50 bits per heavy atom. The molecule has 40 heavy (non-hydrogen) atoms. The van der Waals surface area contributed by atoms with E-state index in [0.29, 0.717) is 0 Å². The summed E-state index contributed by atoms with van der Waals surface area (Å²) in [6.07, 6.45) is 39.6. The lowest BCUT2D eigenvalue weighted by Crippen LogP contribution is -2.37. The Hall–Kier alpha value is -1.57. The van der Waals surface area contributed by atoms with Gasteiger partial charge < -0.3 is 0 Å². The number of benzene rings is 1. The van der Waals surface area contributed by atoms with Gasteiger partial charge in [0.1, 0.15) is 12.4 Å². The molecule has 1 heterocycles. The van der Waals surface area contributed by atoms with Crippen LogP contribution in [0.25, 0.3) is 0 Å². The maximum Gasteiger partial charge on any atom is 0.256 e. The Kier molecular flexibility index (Phi) is 21.8. The Morgan fingerprint density at radius 2 is 0.975 bits per heavy atom. The van der Waals surface area contributed by atoms with E-state index in [1.165, 1.54) is 173 Å². The number of hydrogen-bond donors (Lipinski definition) is 0. The quantitative estimate of drug-likeness (QED) is 0.0734. The first kappa shape index (κ1) is 34.6. The maximum absolute atomic E-state index is 2.60.